The van der Waals surface area contributed by atoms with Gasteiger partial charge >= 0.3 is 0 Å². The van der Waals surface area contributed by atoms with Crippen LogP contribution in [0.1, 0.15) is 42.1 Å². The second-order valence-electron chi connectivity index (χ2n) is 8.94. The molecule has 2 heterocycles. The third-order valence-corrected chi connectivity index (χ3v) is 6.08. The molecular weight excluding hydrogens is 478 g/mol. The minimum Gasteiger partial charge on any atom is -0.494 e. The van der Waals surface area contributed by atoms with E-state index >= 15 is 0 Å². The maximum Gasteiger partial charge on any atom is 0.251 e. The number of methoxy groups -OCH3 is 1. The molecule has 0 aliphatic carbocycles. The molecule has 2 aromatic carbocycles. The number of aryl methyl sites for hydroxylation is 1. The second-order valence-corrected chi connectivity index (χ2v) is 8.94. The van der Waals surface area contributed by atoms with Gasteiger partial charge in [0.25, 0.3) is 5.91 Å². The minimum absolute atomic E-state index is 0.0479. The lowest BCUT2D eigenvalue weighted by Gasteiger charge is -2.12. The van der Waals surface area contributed by atoms with E-state index in [1.807, 2.05) is 19.9 Å². The SMILES string of the molecule is COc1ccc(-c2cnc3c(Nc4ccc(C(=O)NCCCC[C@H](C)N)c(C)c4)nccn23)c(F)c1F. The highest BCUT2D eigenvalue weighted by Gasteiger charge is 2.19. The lowest BCUT2D eigenvalue weighted by Crippen LogP contribution is -2.25. The van der Waals surface area contributed by atoms with Gasteiger partial charge in [-0.2, -0.15) is 4.39 Å². The number of imidazole rings is 1. The average molecular weight is 509 g/mol. The molecule has 0 bridgehead atoms. The fraction of sp³-hybridized carbons (Fsp3) is 0.296. The third kappa shape index (κ3) is 5.69. The Hall–Kier alpha value is -4.05. The van der Waals surface area contributed by atoms with Crippen LogP contribution < -0.4 is 21.1 Å². The van der Waals surface area contributed by atoms with Crippen molar-refractivity contribution in [3.8, 4) is 17.0 Å². The molecular formula is C27H30F2N6O2. The van der Waals surface area contributed by atoms with Crippen LogP contribution in [-0.4, -0.2) is 40.0 Å². The number of hydrogen-bond acceptors (Lipinski definition) is 6. The molecule has 0 fully saturated rings. The summed E-state index contributed by atoms with van der Waals surface area (Å²) in [6, 6.07) is 8.36. The molecule has 1 amide bonds. The number of aromatic nitrogens is 3. The van der Waals surface area contributed by atoms with Gasteiger partial charge in [0, 0.05) is 41.8 Å². The Morgan fingerprint density at radius 2 is 1.97 bits per heavy atom. The minimum atomic E-state index is -1.06. The standard InChI is InChI=1S/C27H30F2N6O2/c1-16-14-18(7-8-19(16)27(36)32-11-5-4-6-17(2)30)34-25-26-33-15-21(35(26)13-12-31-25)20-9-10-22(37-3)24(29)23(20)28/h7-10,12-15,17H,4-6,11,30H2,1-3H3,(H,31,34)(H,32,36)/t17-/m0/s1. The number of nitrogens with two attached hydrogens (primary N) is 1. The molecule has 0 aliphatic heterocycles. The first-order valence-corrected chi connectivity index (χ1v) is 12.1. The Balaban J connectivity index is 1.51. The molecule has 4 rings (SSSR count). The number of ether oxygens (including phenoxy) is 1. The number of rotatable bonds is 10. The Labute approximate surface area is 213 Å². The van der Waals surface area contributed by atoms with Crippen molar-refractivity contribution in [3.63, 3.8) is 0 Å². The van der Waals surface area contributed by atoms with Gasteiger partial charge in [-0.3, -0.25) is 9.20 Å². The van der Waals surface area contributed by atoms with Crippen molar-refractivity contribution in [2.24, 2.45) is 5.73 Å². The van der Waals surface area contributed by atoms with Gasteiger partial charge in [-0.1, -0.05) is 6.42 Å². The van der Waals surface area contributed by atoms with Crippen molar-refractivity contribution in [2.75, 3.05) is 19.0 Å². The number of carbonyl (C=O) groups excluding carboxylic acids is 1. The number of anilines is 2. The lowest BCUT2D eigenvalue weighted by atomic mass is 10.1. The molecule has 0 saturated carbocycles. The molecule has 2 aromatic heterocycles. The van der Waals surface area contributed by atoms with E-state index in [-0.39, 0.29) is 23.3 Å². The number of nitrogens with one attached hydrogen (secondary N) is 2. The van der Waals surface area contributed by atoms with Crippen LogP contribution in [-0.2, 0) is 0 Å². The molecule has 0 spiro atoms. The number of halogens is 2. The first kappa shape index (κ1) is 26.0. The highest BCUT2D eigenvalue weighted by atomic mass is 19.2. The zero-order valence-corrected chi connectivity index (χ0v) is 21.0. The second kappa shape index (κ2) is 11.3. The Bertz CT molecular complexity index is 1420. The summed E-state index contributed by atoms with van der Waals surface area (Å²) in [6.45, 7) is 4.43. The normalized spacial score (nSPS) is 11.9. The van der Waals surface area contributed by atoms with Gasteiger partial charge in [0.15, 0.2) is 23.0 Å². The van der Waals surface area contributed by atoms with Crippen molar-refractivity contribution >= 4 is 23.1 Å². The highest BCUT2D eigenvalue weighted by molar-refractivity contribution is 5.96. The molecule has 0 unspecified atom stereocenters. The molecule has 0 radical (unpaired) electrons. The molecule has 4 N–H and O–H groups in total. The zero-order valence-electron chi connectivity index (χ0n) is 21.0. The fourth-order valence-corrected chi connectivity index (χ4v) is 4.12. The van der Waals surface area contributed by atoms with Gasteiger partial charge in [0.2, 0.25) is 5.82 Å². The van der Waals surface area contributed by atoms with E-state index in [0.717, 1.165) is 24.8 Å². The summed E-state index contributed by atoms with van der Waals surface area (Å²) in [5, 5.41) is 6.16. The highest BCUT2D eigenvalue weighted by Crippen LogP contribution is 2.31. The first-order valence-electron chi connectivity index (χ1n) is 12.1. The Kier molecular flexibility index (Phi) is 7.98. The number of amides is 1. The van der Waals surface area contributed by atoms with Gasteiger partial charge < -0.3 is 21.1 Å². The van der Waals surface area contributed by atoms with Crippen LogP contribution in [0.3, 0.4) is 0 Å². The monoisotopic (exact) mass is 508 g/mol. The van der Waals surface area contributed by atoms with Gasteiger partial charge in [-0.05, 0) is 62.6 Å². The maximum absolute atomic E-state index is 14.7. The first-order chi connectivity index (χ1) is 17.8. The van der Waals surface area contributed by atoms with Crippen molar-refractivity contribution in [1.82, 2.24) is 19.7 Å². The summed E-state index contributed by atoms with van der Waals surface area (Å²) in [4.78, 5) is 21.3. The summed E-state index contributed by atoms with van der Waals surface area (Å²) in [7, 11) is 1.28. The summed E-state index contributed by atoms with van der Waals surface area (Å²) in [6.07, 6.45) is 7.39. The van der Waals surface area contributed by atoms with Crippen LogP contribution in [0.15, 0.2) is 48.9 Å². The van der Waals surface area contributed by atoms with E-state index in [9.17, 15) is 13.6 Å². The topological polar surface area (TPSA) is 107 Å². The van der Waals surface area contributed by atoms with E-state index in [1.54, 1.807) is 28.9 Å². The summed E-state index contributed by atoms with van der Waals surface area (Å²) in [5.74, 6) is -1.96. The maximum atomic E-state index is 14.7. The van der Waals surface area contributed by atoms with Gasteiger partial charge in [0.05, 0.1) is 19.0 Å². The fourth-order valence-electron chi connectivity index (χ4n) is 4.12. The van der Waals surface area contributed by atoms with Crippen LogP contribution in [0.2, 0.25) is 0 Å². The largest absolute Gasteiger partial charge is 0.494 e. The van der Waals surface area contributed by atoms with E-state index in [0.29, 0.717) is 35.0 Å². The van der Waals surface area contributed by atoms with E-state index in [2.05, 4.69) is 20.6 Å². The Morgan fingerprint density at radius 1 is 1.16 bits per heavy atom. The van der Waals surface area contributed by atoms with Crippen LogP contribution in [0.5, 0.6) is 5.75 Å². The molecule has 10 heteroatoms. The Morgan fingerprint density at radius 3 is 2.70 bits per heavy atom. The van der Waals surface area contributed by atoms with Crippen molar-refractivity contribution in [3.05, 3.63) is 71.7 Å². The number of carbonyl (C=O) groups is 1. The number of nitrogens with zero attached hydrogens (tertiary/aromatic N) is 3. The number of fused-ring (bicyclic) bond motifs is 1. The van der Waals surface area contributed by atoms with Crippen molar-refractivity contribution in [1.29, 1.82) is 0 Å². The smallest absolute Gasteiger partial charge is 0.251 e. The predicted octanol–water partition coefficient (Wildman–Crippen LogP) is 4.98. The number of unbranched alkanes of at least 4 members (excludes halogenated alkanes) is 1. The number of hydrogen-bond donors (Lipinski definition) is 3. The van der Waals surface area contributed by atoms with Crippen LogP contribution in [0, 0.1) is 18.6 Å². The molecule has 194 valence electrons. The lowest BCUT2D eigenvalue weighted by molar-refractivity contribution is 0.0952. The summed E-state index contributed by atoms with van der Waals surface area (Å²) in [5.41, 5.74) is 8.69. The molecule has 1 atom stereocenters. The molecule has 8 nitrogen and oxygen atoms in total. The number of benzene rings is 2. The predicted molar refractivity (Wildman–Crippen MR) is 139 cm³/mol. The van der Waals surface area contributed by atoms with E-state index in [1.165, 1.54) is 25.4 Å². The average Bonchev–Trinajstić information content (AvgIpc) is 3.30. The van der Waals surface area contributed by atoms with E-state index < -0.39 is 11.6 Å². The van der Waals surface area contributed by atoms with E-state index in [4.69, 9.17) is 10.5 Å². The third-order valence-electron chi connectivity index (χ3n) is 6.08. The van der Waals surface area contributed by atoms with Crippen molar-refractivity contribution in [2.45, 2.75) is 39.2 Å². The van der Waals surface area contributed by atoms with Crippen LogP contribution in [0.4, 0.5) is 20.3 Å². The van der Waals surface area contributed by atoms with Gasteiger partial charge in [-0.15, -0.1) is 0 Å². The summed E-state index contributed by atoms with van der Waals surface area (Å²) < 4.78 is 35.5. The van der Waals surface area contributed by atoms with Crippen LogP contribution in [0.25, 0.3) is 16.9 Å². The quantitative estimate of drug-likeness (QED) is 0.261. The molecule has 37 heavy (non-hydrogen) atoms. The van der Waals surface area contributed by atoms with Crippen molar-refractivity contribution < 1.29 is 18.3 Å². The molecule has 0 aliphatic rings. The molecule has 0 saturated heterocycles. The van der Waals surface area contributed by atoms with Gasteiger partial charge in [-0.25, -0.2) is 14.4 Å². The van der Waals surface area contributed by atoms with Crippen LogP contribution >= 0.6 is 0 Å². The molecule has 4 aromatic rings. The zero-order chi connectivity index (χ0) is 26.5. The van der Waals surface area contributed by atoms with Gasteiger partial charge in [0.1, 0.15) is 0 Å². The summed E-state index contributed by atoms with van der Waals surface area (Å²) >= 11 is 0.